The molecule has 0 radical (unpaired) electrons. The molecule has 1 aliphatic carbocycles. The molecule has 1 atom stereocenters. The highest BCUT2D eigenvalue weighted by Gasteiger charge is 2.44. The molecule has 0 aromatic carbocycles. The standard InChI is InChI=1S/C15H27N3O2/c1-5-18-13(12(19-4)11-17-18)14(16-3)15(20-6-2)9-7-8-10-15/h11,14,16H,5-10H2,1-4H3. The molecular formula is C15H27N3O2. The third kappa shape index (κ3) is 2.56. The summed E-state index contributed by atoms with van der Waals surface area (Å²) in [6.07, 6.45) is 6.42. The number of methoxy groups -OCH3 is 1. The molecule has 2 rings (SSSR count). The molecule has 1 unspecified atom stereocenters. The second-order valence-corrected chi connectivity index (χ2v) is 5.34. The van der Waals surface area contributed by atoms with Crippen LogP contribution in [0.4, 0.5) is 0 Å². The maximum atomic E-state index is 6.21. The maximum Gasteiger partial charge on any atom is 0.161 e. The van der Waals surface area contributed by atoms with Gasteiger partial charge < -0.3 is 14.8 Å². The number of nitrogens with zero attached hydrogens (tertiary/aromatic N) is 2. The second-order valence-electron chi connectivity index (χ2n) is 5.34. The predicted octanol–water partition coefficient (Wildman–Crippen LogP) is 2.52. The molecule has 0 aliphatic heterocycles. The van der Waals surface area contributed by atoms with E-state index in [0.29, 0.717) is 0 Å². The van der Waals surface area contributed by atoms with Gasteiger partial charge in [-0.1, -0.05) is 12.8 Å². The number of hydrogen-bond donors (Lipinski definition) is 1. The van der Waals surface area contributed by atoms with Crippen molar-refractivity contribution in [2.24, 2.45) is 0 Å². The zero-order valence-electron chi connectivity index (χ0n) is 13.1. The fraction of sp³-hybridized carbons (Fsp3) is 0.800. The lowest BCUT2D eigenvalue weighted by atomic mass is 9.89. The number of ether oxygens (including phenoxy) is 2. The largest absolute Gasteiger partial charge is 0.493 e. The Bertz CT molecular complexity index is 403. The van der Waals surface area contributed by atoms with Gasteiger partial charge in [0.15, 0.2) is 5.75 Å². The normalized spacial score (nSPS) is 19.2. The molecule has 1 aromatic rings. The van der Waals surface area contributed by atoms with Crippen LogP contribution >= 0.6 is 0 Å². The molecule has 1 saturated carbocycles. The Balaban J connectivity index is 2.42. The minimum atomic E-state index is -0.135. The van der Waals surface area contributed by atoms with Gasteiger partial charge in [0.25, 0.3) is 0 Å². The molecule has 1 N–H and O–H groups in total. The Labute approximate surface area is 121 Å². The van der Waals surface area contributed by atoms with Crippen LogP contribution in [0.3, 0.4) is 0 Å². The van der Waals surface area contributed by atoms with E-state index in [2.05, 4.69) is 24.3 Å². The van der Waals surface area contributed by atoms with Crippen molar-refractivity contribution in [1.82, 2.24) is 15.1 Å². The summed E-state index contributed by atoms with van der Waals surface area (Å²) in [5.74, 6) is 0.845. The smallest absolute Gasteiger partial charge is 0.161 e. The highest BCUT2D eigenvalue weighted by atomic mass is 16.5. The van der Waals surface area contributed by atoms with Gasteiger partial charge in [-0.3, -0.25) is 4.68 Å². The van der Waals surface area contributed by atoms with Gasteiger partial charge in [0.05, 0.1) is 24.9 Å². The minimum Gasteiger partial charge on any atom is -0.493 e. The van der Waals surface area contributed by atoms with Crippen LogP contribution in [0.5, 0.6) is 5.75 Å². The van der Waals surface area contributed by atoms with E-state index in [-0.39, 0.29) is 11.6 Å². The summed E-state index contributed by atoms with van der Waals surface area (Å²) in [5, 5.41) is 7.89. The summed E-state index contributed by atoms with van der Waals surface area (Å²) < 4.78 is 13.7. The van der Waals surface area contributed by atoms with Crippen molar-refractivity contribution in [3.63, 3.8) is 0 Å². The van der Waals surface area contributed by atoms with E-state index >= 15 is 0 Å². The summed E-state index contributed by atoms with van der Waals surface area (Å²) in [5.41, 5.74) is 0.969. The van der Waals surface area contributed by atoms with Gasteiger partial charge in [-0.05, 0) is 33.7 Å². The lowest BCUT2D eigenvalue weighted by Gasteiger charge is -2.37. The summed E-state index contributed by atoms with van der Waals surface area (Å²) >= 11 is 0. The van der Waals surface area contributed by atoms with Gasteiger partial charge in [0.2, 0.25) is 0 Å². The SMILES string of the molecule is CCOC1(C(NC)c2c(OC)cnn2CC)CCCC1. The zero-order chi connectivity index (χ0) is 14.6. The number of rotatable bonds is 7. The molecule has 0 amide bonds. The van der Waals surface area contributed by atoms with Crippen LogP contribution in [-0.2, 0) is 11.3 Å². The van der Waals surface area contributed by atoms with Crippen LogP contribution in [0.1, 0.15) is 51.3 Å². The van der Waals surface area contributed by atoms with Crippen LogP contribution in [0.25, 0.3) is 0 Å². The van der Waals surface area contributed by atoms with E-state index in [4.69, 9.17) is 9.47 Å². The van der Waals surface area contributed by atoms with Crippen molar-refractivity contribution >= 4 is 0 Å². The Hall–Kier alpha value is -1.07. The molecule has 5 heteroatoms. The molecule has 1 heterocycles. The maximum absolute atomic E-state index is 6.21. The van der Waals surface area contributed by atoms with Crippen LogP contribution in [0, 0.1) is 0 Å². The van der Waals surface area contributed by atoms with Crippen LogP contribution in [0.15, 0.2) is 6.20 Å². The third-order valence-corrected chi connectivity index (χ3v) is 4.33. The number of nitrogens with one attached hydrogen (secondary N) is 1. The van der Waals surface area contributed by atoms with Crippen molar-refractivity contribution in [2.75, 3.05) is 20.8 Å². The van der Waals surface area contributed by atoms with Crippen LogP contribution in [-0.4, -0.2) is 36.1 Å². The van der Waals surface area contributed by atoms with Crippen molar-refractivity contribution in [3.8, 4) is 5.75 Å². The van der Waals surface area contributed by atoms with E-state index in [0.717, 1.165) is 37.4 Å². The van der Waals surface area contributed by atoms with Gasteiger partial charge >= 0.3 is 0 Å². The average Bonchev–Trinajstić information content (AvgIpc) is 3.08. The lowest BCUT2D eigenvalue weighted by Crippen LogP contribution is -2.44. The van der Waals surface area contributed by atoms with E-state index in [1.807, 2.05) is 11.7 Å². The molecule has 114 valence electrons. The first-order chi connectivity index (χ1) is 9.72. The van der Waals surface area contributed by atoms with Gasteiger partial charge in [-0.2, -0.15) is 5.10 Å². The second kappa shape index (κ2) is 6.59. The quantitative estimate of drug-likeness (QED) is 0.834. The van der Waals surface area contributed by atoms with Crippen molar-refractivity contribution in [1.29, 1.82) is 0 Å². The van der Waals surface area contributed by atoms with Crippen LogP contribution in [0.2, 0.25) is 0 Å². The Morgan fingerprint density at radius 2 is 2.10 bits per heavy atom. The van der Waals surface area contributed by atoms with E-state index in [1.54, 1.807) is 13.3 Å². The number of hydrogen-bond acceptors (Lipinski definition) is 4. The van der Waals surface area contributed by atoms with E-state index in [1.165, 1.54) is 12.8 Å². The first-order valence-corrected chi connectivity index (χ1v) is 7.63. The first kappa shape index (κ1) is 15.3. The summed E-state index contributed by atoms with van der Waals surface area (Å²) in [6.45, 7) is 5.74. The molecule has 1 fully saturated rings. The lowest BCUT2D eigenvalue weighted by molar-refractivity contribution is -0.0632. The minimum absolute atomic E-state index is 0.113. The van der Waals surface area contributed by atoms with Gasteiger partial charge in [0.1, 0.15) is 5.69 Å². The molecule has 5 nitrogen and oxygen atoms in total. The van der Waals surface area contributed by atoms with Crippen molar-refractivity contribution in [2.45, 2.75) is 57.7 Å². The molecule has 20 heavy (non-hydrogen) atoms. The predicted molar refractivity (Wildman–Crippen MR) is 79.1 cm³/mol. The third-order valence-electron chi connectivity index (χ3n) is 4.33. The highest BCUT2D eigenvalue weighted by molar-refractivity contribution is 5.31. The Morgan fingerprint density at radius 1 is 1.40 bits per heavy atom. The fourth-order valence-corrected chi connectivity index (χ4v) is 3.50. The summed E-state index contributed by atoms with van der Waals surface area (Å²) in [7, 11) is 3.70. The number of likely N-dealkylation sites (N-methyl/N-ethyl adjacent to an activating group) is 1. The van der Waals surface area contributed by atoms with Crippen molar-refractivity contribution in [3.05, 3.63) is 11.9 Å². The summed E-state index contributed by atoms with van der Waals surface area (Å²) in [4.78, 5) is 0. The monoisotopic (exact) mass is 281 g/mol. The summed E-state index contributed by atoms with van der Waals surface area (Å²) in [6, 6.07) is 0.113. The number of aryl methyl sites for hydroxylation is 1. The van der Waals surface area contributed by atoms with Gasteiger partial charge in [0, 0.05) is 13.2 Å². The fourth-order valence-electron chi connectivity index (χ4n) is 3.50. The Kier molecular flexibility index (Phi) is 5.05. The van der Waals surface area contributed by atoms with E-state index < -0.39 is 0 Å². The number of aromatic nitrogens is 2. The van der Waals surface area contributed by atoms with Crippen LogP contribution < -0.4 is 10.1 Å². The van der Waals surface area contributed by atoms with Gasteiger partial charge in [-0.25, -0.2) is 0 Å². The average molecular weight is 281 g/mol. The Morgan fingerprint density at radius 3 is 2.60 bits per heavy atom. The molecule has 1 aromatic heterocycles. The zero-order valence-corrected chi connectivity index (χ0v) is 13.1. The van der Waals surface area contributed by atoms with Gasteiger partial charge in [-0.15, -0.1) is 0 Å². The topological polar surface area (TPSA) is 48.3 Å². The molecule has 1 aliphatic rings. The molecule has 0 saturated heterocycles. The highest BCUT2D eigenvalue weighted by Crippen LogP contribution is 2.44. The van der Waals surface area contributed by atoms with Crippen molar-refractivity contribution < 1.29 is 9.47 Å². The first-order valence-electron chi connectivity index (χ1n) is 7.63. The van der Waals surface area contributed by atoms with E-state index in [9.17, 15) is 0 Å². The molecule has 0 bridgehead atoms. The molecule has 0 spiro atoms. The molecular weight excluding hydrogens is 254 g/mol.